The van der Waals surface area contributed by atoms with Crippen molar-refractivity contribution in [3.63, 3.8) is 0 Å². The van der Waals surface area contributed by atoms with Gasteiger partial charge in [-0.05, 0) is 167 Å². The summed E-state index contributed by atoms with van der Waals surface area (Å²) in [4.78, 5) is 102. The van der Waals surface area contributed by atoms with Crippen molar-refractivity contribution in [2.75, 3.05) is 90.1 Å². The molecule has 0 bridgehead atoms. The van der Waals surface area contributed by atoms with Gasteiger partial charge in [0.25, 0.3) is 0 Å². The summed E-state index contributed by atoms with van der Waals surface area (Å²) in [5, 5.41) is 59.3. The number of nitrogens with two attached hydrogens (primary N) is 1. The van der Waals surface area contributed by atoms with Gasteiger partial charge in [-0.3, -0.25) is 38.4 Å². The molecule has 0 aliphatic carbocycles. The molecule has 5 N–H and O–H groups in total. The zero-order valence-electron chi connectivity index (χ0n) is 86.8. The first-order valence-corrected chi connectivity index (χ1v) is 46.0. The van der Waals surface area contributed by atoms with Crippen LogP contribution in [0, 0.1) is 94.7 Å². The van der Waals surface area contributed by atoms with Gasteiger partial charge in [-0.1, -0.05) is 289 Å². The van der Waals surface area contributed by atoms with E-state index in [-0.39, 0.29) is 52.5 Å². The van der Waals surface area contributed by atoms with Gasteiger partial charge < -0.3 is 59.7 Å². The molecule has 9 aromatic carbocycles. The van der Waals surface area contributed by atoms with Gasteiger partial charge in [-0.15, -0.1) is 0 Å². The second-order valence-corrected chi connectivity index (χ2v) is 29.4. The van der Waals surface area contributed by atoms with Crippen molar-refractivity contribution in [1.82, 2.24) is 29.6 Å². The number of aryl methyl sites for hydroxylation is 4. The predicted octanol–water partition coefficient (Wildman–Crippen LogP) is 22.0. The van der Waals surface area contributed by atoms with Crippen molar-refractivity contribution >= 4 is 64.3 Å². The number of imidazole rings is 1. The van der Waals surface area contributed by atoms with Crippen LogP contribution in [0.5, 0.6) is 0 Å². The van der Waals surface area contributed by atoms with Crippen molar-refractivity contribution in [3.05, 3.63) is 296 Å². The average molecular weight is 1920 g/mol. The number of nitrogens with zero attached hydrogens (tertiary/aromatic N) is 10. The monoisotopic (exact) mass is 1920 g/mol. The number of esters is 4. The van der Waals surface area contributed by atoms with E-state index < -0.39 is 59.2 Å². The molecule has 26 heteroatoms. The number of fused-ring (bicyclic) bond motifs is 5. The number of benzene rings is 9. The zero-order chi connectivity index (χ0) is 105. The number of aliphatic carboxylic acids is 1. The van der Waals surface area contributed by atoms with Crippen LogP contribution >= 0.6 is 0 Å². The summed E-state index contributed by atoms with van der Waals surface area (Å²) in [5.41, 5.74) is 20.5. The first kappa shape index (κ1) is 138. The molecule has 762 valence electrons. The number of ether oxygens (including phenoxy) is 4. The summed E-state index contributed by atoms with van der Waals surface area (Å²) in [7, 11) is 19.0. The Morgan fingerprint density at radius 2 is 0.800 bits per heavy atom. The molecule has 140 heavy (non-hydrogen) atoms. The third-order valence-electron chi connectivity index (χ3n) is 19.5. The maximum absolute atomic E-state index is 12.7. The number of likely N-dealkylation sites (N-methyl/N-ethyl adjacent to an activating group) is 3. The van der Waals surface area contributed by atoms with Crippen LogP contribution in [0.25, 0.3) is 22.4 Å². The molecule has 10 aromatic rings. The largest absolute Gasteiger partial charge is 0.481 e. The number of carboxylic acid groups (broad SMARTS) is 1. The number of rotatable bonds is 19. The number of methoxy groups -OCH3 is 4. The molecule has 0 spiro atoms. The average Bonchev–Trinajstić information content (AvgIpc) is 1.58. The summed E-state index contributed by atoms with van der Waals surface area (Å²) in [5.74, 6) is -3.79. The molecule has 0 fully saturated rings. The van der Waals surface area contributed by atoms with Crippen LogP contribution in [0.15, 0.2) is 218 Å². The topological polar surface area (TPSA) is 390 Å². The fourth-order valence-corrected chi connectivity index (χ4v) is 12.3. The molecular formula is C114H163N13O13. The lowest BCUT2D eigenvalue weighted by Crippen LogP contribution is -2.41. The Hall–Kier alpha value is -14.6. The molecule has 3 amide bonds. The smallest absolute Gasteiger partial charge is 0.323 e. The normalized spacial score (nSPS) is 10.5. The Bertz CT molecular complexity index is 5400. The molecule has 4 unspecified atom stereocenters. The molecule has 0 radical (unpaired) electrons. The maximum Gasteiger partial charge on any atom is 0.323 e. The SMILES string of the molecule is C.C.C.CC.CC.CC.CC.CC.CC.CC(Cc1ccccc1C#N)C(=O)O.CCc1ccccc1C#N.CN(C)C(=O)C(N)Cc1ccccc1C#N.CN(C)C(=O)C1Cc2ccccc2-c2nc3ccccc3n21.CNC.COC(=O)C(C)(Cc1ccccc1C#N)C(=O)OC.COC(=O)C(C)C(=O)OC.Cc1ccccc1C.Cc1ccccc1NC(Cc1ccccc1C#N)C(=O)N(C)C. The number of amides is 3. The van der Waals surface area contributed by atoms with E-state index in [2.05, 4.69) is 110 Å². The summed E-state index contributed by atoms with van der Waals surface area (Å²) in [6, 6.07) is 77.8. The zero-order valence-corrected chi connectivity index (χ0v) is 86.8. The van der Waals surface area contributed by atoms with E-state index >= 15 is 0 Å². The number of anilines is 1. The Kier molecular flexibility index (Phi) is 79.6. The van der Waals surface area contributed by atoms with E-state index in [1.807, 2.05) is 252 Å². The number of carboxylic acids is 1. The summed E-state index contributed by atoms with van der Waals surface area (Å²) >= 11 is 0. The second-order valence-electron chi connectivity index (χ2n) is 29.4. The summed E-state index contributed by atoms with van der Waals surface area (Å²) in [6.07, 6.45) is 2.95. The van der Waals surface area contributed by atoms with Crippen molar-refractivity contribution in [3.8, 4) is 41.7 Å². The van der Waals surface area contributed by atoms with Crippen molar-refractivity contribution < 1.29 is 62.4 Å². The number of aromatic nitrogens is 2. The van der Waals surface area contributed by atoms with Gasteiger partial charge in [0, 0.05) is 72.8 Å². The van der Waals surface area contributed by atoms with Gasteiger partial charge in [0.15, 0.2) is 11.3 Å². The molecule has 0 saturated heterocycles. The minimum absolute atomic E-state index is 0. The number of nitriles is 5. The van der Waals surface area contributed by atoms with Crippen molar-refractivity contribution in [2.45, 2.75) is 210 Å². The van der Waals surface area contributed by atoms with E-state index in [1.165, 1.54) is 63.9 Å². The van der Waals surface area contributed by atoms with Crippen LogP contribution in [0.4, 0.5) is 5.69 Å². The molecule has 4 atom stereocenters. The number of hydrogen-bond donors (Lipinski definition) is 4. The van der Waals surface area contributed by atoms with Crippen molar-refractivity contribution in [1.29, 1.82) is 26.3 Å². The molecule has 1 aromatic heterocycles. The fraction of sp³-hybridized carbons (Fsp3) is 0.404. The molecular weight excluding hydrogens is 1760 g/mol. The summed E-state index contributed by atoms with van der Waals surface area (Å²) < 4.78 is 20.0. The molecule has 1 aliphatic heterocycles. The number of carbonyl (C=O) groups is 8. The maximum atomic E-state index is 12.7. The fourth-order valence-electron chi connectivity index (χ4n) is 12.3. The highest BCUT2D eigenvalue weighted by Crippen LogP contribution is 2.38. The van der Waals surface area contributed by atoms with Gasteiger partial charge in [0.05, 0.1) is 110 Å². The first-order valence-electron chi connectivity index (χ1n) is 46.0. The minimum atomic E-state index is -1.46. The third kappa shape index (κ3) is 47.4. The van der Waals surface area contributed by atoms with E-state index in [9.17, 15) is 43.6 Å². The van der Waals surface area contributed by atoms with Gasteiger partial charge >= 0.3 is 29.8 Å². The van der Waals surface area contributed by atoms with Gasteiger partial charge in [0.1, 0.15) is 17.9 Å². The molecule has 1 aliphatic rings. The van der Waals surface area contributed by atoms with E-state index in [1.54, 1.807) is 106 Å². The molecule has 11 rings (SSSR count). The van der Waals surface area contributed by atoms with Crippen LogP contribution in [0.3, 0.4) is 0 Å². The number of hydrogen-bond acceptors (Lipinski definition) is 21. The quantitative estimate of drug-likeness (QED) is 0.0332. The third-order valence-corrected chi connectivity index (χ3v) is 19.5. The van der Waals surface area contributed by atoms with Gasteiger partial charge in [-0.25, -0.2) is 4.98 Å². The van der Waals surface area contributed by atoms with Crippen LogP contribution < -0.4 is 16.4 Å². The van der Waals surface area contributed by atoms with Crippen LogP contribution in [0.1, 0.15) is 217 Å². The molecule has 2 heterocycles. The van der Waals surface area contributed by atoms with Gasteiger partial charge in [-0.2, -0.15) is 26.3 Å². The molecule has 26 nitrogen and oxygen atoms in total. The predicted molar refractivity (Wildman–Crippen MR) is 572 cm³/mol. The lowest BCUT2D eigenvalue weighted by molar-refractivity contribution is -0.168. The second kappa shape index (κ2) is 80.5. The number of carbonyl (C=O) groups excluding carboxylic acids is 7. The lowest BCUT2D eigenvalue weighted by atomic mass is 9.82. The van der Waals surface area contributed by atoms with Crippen molar-refractivity contribution in [2.24, 2.45) is 23.0 Å². The highest BCUT2D eigenvalue weighted by atomic mass is 16.6. The Morgan fingerprint density at radius 1 is 0.464 bits per heavy atom. The van der Waals surface area contributed by atoms with Crippen LogP contribution in [0.2, 0.25) is 0 Å². The lowest BCUT2D eigenvalue weighted by Gasteiger charge is -2.29. The van der Waals surface area contributed by atoms with Crippen LogP contribution in [-0.4, -0.2) is 174 Å². The number of nitrogens with one attached hydrogen (secondary N) is 2. The van der Waals surface area contributed by atoms with Gasteiger partial charge in [0.2, 0.25) is 17.7 Å². The van der Waals surface area contributed by atoms with E-state index in [4.69, 9.17) is 36.9 Å². The Balaban J connectivity index is -0.000000287. The van der Waals surface area contributed by atoms with E-state index in [0.29, 0.717) is 53.5 Å². The van der Waals surface area contributed by atoms with Crippen LogP contribution in [-0.2, 0) is 95.8 Å². The van der Waals surface area contributed by atoms with E-state index in [0.717, 1.165) is 67.9 Å². The highest BCUT2D eigenvalue weighted by molar-refractivity contribution is 6.00. The minimum Gasteiger partial charge on any atom is -0.481 e. The Labute approximate surface area is 839 Å². The Morgan fingerprint density at radius 3 is 1.16 bits per heavy atom. The first-order chi connectivity index (χ1) is 65.6. The standard InChI is InChI=1S/C19H21N3O.C18H17N3O.C14H15NO4.C12H15N3O.C11H11NO2.C9H9N.C8H10.C6H10O4.C2H7N.6C2H6.3CH4/c1-14-8-4-7-11-17(14)21-18(19(23)22(2)3)12-15-9-5-6-10-16(15)13-20;1-20(2)18(22)16-11-12-7-3-4-8-13(12)17-19-14-9-5-6-10-15(14)21(16)17;1-14(12(16)18-2,13(17)19-3)8-10-6-4-5-7-11(10)9-15;1-15(2)12(16)11(14)7-9-5-3-4-6-10(9)8-13;1-8(11(13)14)6-9-4-2-3-5-10(9)7-12;1-2-8-5-3-4-6-9(8)7-10;1-7-5-3-4-6-8(7)2;1-4(5(7)9-2)6(8)10-3;1-3-2;6*1-2;;;/h4-11,18,21H,12H2,1-3H3;3-10,16H,11H2,1-2H3;4-7H,8H2,1-3H3;3-6,11H,7,14H2,1-2H3;2-5,8H,6H2,1H3,(H,13,14);3-6H,2H2,1H3;3-6H,1-2H3;4H,1-3H3;3H,1-2H3;6*1-2H3;3*1H4. The number of para-hydroxylation sites is 3. The molecule has 0 saturated carbocycles. The summed E-state index contributed by atoms with van der Waals surface area (Å²) in [6.45, 7) is 36.8. The highest BCUT2D eigenvalue weighted by Gasteiger charge is 2.44.